The van der Waals surface area contributed by atoms with Crippen LogP contribution in [0.2, 0.25) is 0 Å². The van der Waals surface area contributed by atoms with Crippen LogP contribution < -0.4 is 0 Å². The summed E-state index contributed by atoms with van der Waals surface area (Å²) in [5.74, 6) is 0.594. The van der Waals surface area contributed by atoms with Crippen molar-refractivity contribution in [1.29, 1.82) is 0 Å². The van der Waals surface area contributed by atoms with E-state index >= 15 is 0 Å². The van der Waals surface area contributed by atoms with Gasteiger partial charge in [0.2, 0.25) is 0 Å². The van der Waals surface area contributed by atoms with E-state index < -0.39 is 0 Å². The van der Waals surface area contributed by atoms with Crippen molar-refractivity contribution in [2.24, 2.45) is 0 Å². The summed E-state index contributed by atoms with van der Waals surface area (Å²) in [4.78, 5) is 2.53. The fourth-order valence-electron chi connectivity index (χ4n) is 3.51. The van der Waals surface area contributed by atoms with Crippen molar-refractivity contribution in [3.05, 3.63) is 47.7 Å². The molecule has 0 radical (unpaired) electrons. The summed E-state index contributed by atoms with van der Waals surface area (Å²) >= 11 is 0. The minimum atomic E-state index is 0.151. The van der Waals surface area contributed by atoms with E-state index in [-0.39, 0.29) is 6.61 Å². The van der Waals surface area contributed by atoms with E-state index in [4.69, 9.17) is 4.74 Å². The molecule has 2 heterocycles. The quantitative estimate of drug-likeness (QED) is 0.924. The largest absolute Gasteiger partial charge is 0.497 e. The number of piperidine rings is 1. The molecule has 3 nitrogen and oxygen atoms in total. The van der Waals surface area contributed by atoms with Gasteiger partial charge in [0.05, 0.1) is 12.9 Å². The molecule has 2 aliphatic heterocycles. The Balaban J connectivity index is 1.54. The van der Waals surface area contributed by atoms with Crippen molar-refractivity contribution in [3.8, 4) is 0 Å². The van der Waals surface area contributed by atoms with Crippen LogP contribution in [-0.4, -0.2) is 35.7 Å². The molecule has 1 unspecified atom stereocenters. The third-order valence-corrected chi connectivity index (χ3v) is 4.74. The molecule has 0 amide bonds. The summed E-state index contributed by atoms with van der Waals surface area (Å²) in [5.41, 5.74) is 2.44. The Hall–Kier alpha value is -1.32. The molecule has 1 N–H and O–H groups in total. The molecular weight excluding hydrogens is 262 g/mol. The number of hydrogen-bond donors (Lipinski definition) is 1. The molecule has 1 saturated heterocycles. The predicted octanol–water partition coefficient (Wildman–Crippen LogP) is 3.05. The Kier molecular flexibility index (Phi) is 4.94. The first-order valence-electron chi connectivity index (χ1n) is 8.08. The number of allylic oxidation sites excluding steroid dienone is 1. The van der Waals surface area contributed by atoms with E-state index in [1.165, 1.54) is 18.4 Å². The highest BCUT2D eigenvalue weighted by Gasteiger charge is 2.24. The first-order valence-corrected chi connectivity index (χ1v) is 8.08. The van der Waals surface area contributed by atoms with Crippen molar-refractivity contribution < 1.29 is 9.84 Å². The van der Waals surface area contributed by atoms with E-state index in [9.17, 15) is 5.11 Å². The average molecular weight is 287 g/mol. The highest BCUT2D eigenvalue weighted by atomic mass is 16.5. The van der Waals surface area contributed by atoms with Crippen molar-refractivity contribution in [3.63, 3.8) is 0 Å². The van der Waals surface area contributed by atoms with Crippen LogP contribution in [0.5, 0.6) is 0 Å². The molecule has 1 aromatic carbocycles. The van der Waals surface area contributed by atoms with Gasteiger partial charge in [0.15, 0.2) is 0 Å². The summed E-state index contributed by atoms with van der Waals surface area (Å²) in [7, 11) is 0. The third-order valence-electron chi connectivity index (χ3n) is 4.74. The topological polar surface area (TPSA) is 32.7 Å². The summed E-state index contributed by atoms with van der Waals surface area (Å²) in [5, 5.41) is 9.48. The van der Waals surface area contributed by atoms with E-state index in [0.717, 1.165) is 38.0 Å². The van der Waals surface area contributed by atoms with Crippen molar-refractivity contribution >= 4 is 0 Å². The average Bonchev–Trinajstić information content (AvgIpc) is 2.56. The van der Waals surface area contributed by atoms with Gasteiger partial charge >= 0.3 is 0 Å². The van der Waals surface area contributed by atoms with Gasteiger partial charge in [-0.15, -0.1) is 0 Å². The number of aliphatic hydroxyl groups excluding tert-OH is 1. The highest BCUT2D eigenvalue weighted by Crippen LogP contribution is 2.30. The smallest absolute Gasteiger partial charge is 0.111 e. The van der Waals surface area contributed by atoms with Crippen LogP contribution in [-0.2, 0) is 11.3 Å². The second kappa shape index (κ2) is 7.10. The second-order valence-corrected chi connectivity index (χ2v) is 6.14. The maximum absolute atomic E-state index is 9.48. The van der Waals surface area contributed by atoms with Crippen LogP contribution in [0.1, 0.15) is 42.7 Å². The number of rotatable bonds is 4. The molecule has 2 aliphatic rings. The zero-order chi connectivity index (χ0) is 14.5. The first kappa shape index (κ1) is 14.6. The van der Waals surface area contributed by atoms with Gasteiger partial charge in [0, 0.05) is 6.54 Å². The number of aliphatic hydroxyl groups is 1. The fourth-order valence-corrected chi connectivity index (χ4v) is 3.51. The lowest BCUT2D eigenvalue weighted by Crippen LogP contribution is -2.39. The van der Waals surface area contributed by atoms with Crippen molar-refractivity contribution in [2.75, 3.05) is 19.6 Å². The van der Waals surface area contributed by atoms with E-state index in [0.29, 0.717) is 12.0 Å². The van der Waals surface area contributed by atoms with Crippen molar-refractivity contribution in [2.45, 2.75) is 44.3 Å². The first-order chi connectivity index (χ1) is 10.4. The predicted molar refractivity (Wildman–Crippen MR) is 84.0 cm³/mol. The van der Waals surface area contributed by atoms with Gasteiger partial charge in [-0.05, 0) is 61.9 Å². The molecule has 1 fully saturated rings. The van der Waals surface area contributed by atoms with E-state index in [1.807, 2.05) is 18.4 Å². The van der Waals surface area contributed by atoms with Gasteiger partial charge in [-0.3, -0.25) is 4.90 Å². The number of benzene rings is 1. The van der Waals surface area contributed by atoms with Crippen LogP contribution in [0, 0.1) is 0 Å². The van der Waals surface area contributed by atoms with E-state index in [1.54, 1.807) is 0 Å². The summed E-state index contributed by atoms with van der Waals surface area (Å²) in [6.07, 6.45) is 8.98. The summed E-state index contributed by atoms with van der Waals surface area (Å²) in [6.45, 7) is 3.47. The van der Waals surface area contributed by atoms with Crippen LogP contribution in [0.3, 0.4) is 0 Å². The van der Waals surface area contributed by atoms with Crippen LogP contribution in [0.4, 0.5) is 0 Å². The molecule has 0 spiro atoms. The second-order valence-electron chi connectivity index (χ2n) is 6.14. The highest BCUT2D eigenvalue weighted by molar-refractivity contribution is 5.30. The number of likely N-dealkylation sites (tertiary alicyclic amines) is 1. The zero-order valence-electron chi connectivity index (χ0n) is 12.6. The Morgan fingerprint density at radius 2 is 1.95 bits per heavy atom. The maximum atomic E-state index is 9.48. The molecule has 3 rings (SSSR count). The lowest BCUT2D eigenvalue weighted by Gasteiger charge is -2.35. The maximum Gasteiger partial charge on any atom is 0.111 e. The molecule has 21 heavy (non-hydrogen) atoms. The number of ether oxygens (including phenoxy) is 1. The Morgan fingerprint density at radius 3 is 2.67 bits per heavy atom. The molecule has 1 aromatic rings. The Morgan fingerprint density at radius 1 is 1.14 bits per heavy atom. The van der Waals surface area contributed by atoms with Crippen LogP contribution in [0.25, 0.3) is 0 Å². The SMILES string of the molecule is OCc1ccccc1C1CCN(CC2CCC=CO2)CC1. The standard InChI is InChI=1S/C18H25NO2/c20-14-16-5-1-2-7-18(16)15-8-10-19(11-9-15)13-17-6-3-4-12-21-17/h1-2,4-5,7,12,15,17,20H,3,6,8-11,13-14H2. The molecule has 0 bridgehead atoms. The van der Waals surface area contributed by atoms with Crippen molar-refractivity contribution in [1.82, 2.24) is 4.90 Å². The molecule has 0 aromatic heterocycles. The van der Waals surface area contributed by atoms with Gasteiger partial charge in [-0.1, -0.05) is 24.3 Å². The monoisotopic (exact) mass is 287 g/mol. The molecule has 0 aliphatic carbocycles. The minimum Gasteiger partial charge on any atom is -0.497 e. The van der Waals surface area contributed by atoms with Gasteiger partial charge in [0.25, 0.3) is 0 Å². The fraction of sp³-hybridized carbons (Fsp3) is 0.556. The lowest BCUT2D eigenvalue weighted by molar-refractivity contribution is 0.0685. The van der Waals surface area contributed by atoms with Crippen LogP contribution >= 0.6 is 0 Å². The van der Waals surface area contributed by atoms with E-state index in [2.05, 4.69) is 23.1 Å². The molecule has 114 valence electrons. The Bertz CT molecular complexity index is 478. The molecule has 3 heteroatoms. The molecular formula is C18H25NO2. The van der Waals surface area contributed by atoms with Gasteiger partial charge in [0.1, 0.15) is 6.10 Å². The Labute approximate surface area is 127 Å². The molecule has 1 atom stereocenters. The lowest BCUT2D eigenvalue weighted by atomic mass is 9.86. The minimum absolute atomic E-state index is 0.151. The number of nitrogens with zero attached hydrogens (tertiary/aromatic N) is 1. The van der Waals surface area contributed by atoms with Gasteiger partial charge < -0.3 is 9.84 Å². The third kappa shape index (κ3) is 3.66. The van der Waals surface area contributed by atoms with Gasteiger partial charge in [-0.25, -0.2) is 0 Å². The summed E-state index contributed by atoms with van der Waals surface area (Å²) < 4.78 is 5.67. The van der Waals surface area contributed by atoms with Gasteiger partial charge in [-0.2, -0.15) is 0 Å². The van der Waals surface area contributed by atoms with Crippen LogP contribution in [0.15, 0.2) is 36.6 Å². The number of hydrogen-bond acceptors (Lipinski definition) is 3. The summed E-state index contributed by atoms with van der Waals surface area (Å²) in [6, 6.07) is 8.33. The normalized spacial score (nSPS) is 24.0. The molecule has 0 saturated carbocycles. The zero-order valence-corrected chi connectivity index (χ0v) is 12.6.